The summed E-state index contributed by atoms with van der Waals surface area (Å²) in [4.78, 5) is 23.0. The summed E-state index contributed by atoms with van der Waals surface area (Å²) < 4.78 is 7.76. The number of methoxy groups -OCH3 is 1. The number of ether oxygens (including phenoxy) is 1. The van der Waals surface area contributed by atoms with Crippen LogP contribution in [0.1, 0.15) is 18.5 Å². The van der Waals surface area contributed by atoms with Gasteiger partial charge in [0.1, 0.15) is 12.2 Å². The van der Waals surface area contributed by atoms with Gasteiger partial charge in [-0.15, -0.1) is 5.10 Å². The smallest absolute Gasteiger partial charge is 0.350 e. The highest BCUT2D eigenvalue weighted by molar-refractivity contribution is 6.30. The molecule has 0 bridgehead atoms. The molecule has 146 valence electrons. The van der Waals surface area contributed by atoms with Crippen molar-refractivity contribution in [2.24, 2.45) is 0 Å². The number of halogens is 1. The van der Waals surface area contributed by atoms with E-state index >= 15 is 0 Å². The van der Waals surface area contributed by atoms with Crippen LogP contribution in [0.4, 0.5) is 11.4 Å². The summed E-state index contributed by atoms with van der Waals surface area (Å²) in [6.45, 7) is 2.08. The van der Waals surface area contributed by atoms with E-state index in [2.05, 4.69) is 15.5 Å². The van der Waals surface area contributed by atoms with Gasteiger partial charge in [-0.3, -0.25) is 19.6 Å². The maximum atomic E-state index is 12.5. The Labute approximate surface area is 164 Å². The number of hydrogen-bond acceptors (Lipinski definition) is 6. The van der Waals surface area contributed by atoms with E-state index in [-0.39, 0.29) is 17.5 Å². The summed E-state index contributed by atoms with van der Waals surface area (Å²) in [6, 6.07) is 6.48. The van der Waals surface area contributed by atoms with E-state index in [9.17, 15) is 14.9 Å². The molecule has 1 atom stereocenters. The molecule has 2 aromatic heterocycles. The molecular weight excluding hydrogens is 388 g/mol. The third kappa shape index (κ3) is 4.29. The second-order valence-electron chi connectivity index (χ2n) is 5.98. The van der Waals surface area contributed by atoms with Gasteiger partial charge in [0.2, 0.25) is 5.91 Å². The quantitative estimate of drug-likeness (QED) is 0.478. The topological polar surface area (TPSA) is 117 Å². The van der Waals surface area contributed by atoms with E-state index in [4.69, 9.17) is 16.3 Å². The molecule has 0 saturated carbocycles. The highest BCUT2D eigenvalue weighted by Gasteiger charge is 2.25. The fourth-order valence-corrected chi connectivity index (χ4v) is 2.72. The Hall–Kier alpha value is -3.40. The molecule has 10 nitrogen and oxygen atoms in total. The lowest BCUT2D eigenvalue weighted by atomic mass is 10.2. The van der Waals surface area contributed by atoms with Crippen LogP contribution >= 0.6 is 11.6 Å². The van der Waals surface area contributed by atoms with Crippen LogP contribution < -0.4 is 10.1 Å². The second-order valence-corrected chi connectivity index (χ2v) is 6.42. The van der Waals surface area contributed by atoms with Crippen LogP contribution in [0.25, 0.3) is 0 Å². The SMILES string of the molecule is COc1nn(C(C)C(=O)Nc2cccc(Cn3cc(Cl)cn3)c2)cc1[N+](=O)[O-]. The lowest BCUT2D eigenvalue weighted by Gasteiger charge is -2.13. The van der Waals surface area contributed by atoms with Crippen molar-refractivity contribution < 1.29 is 14.5 Å². The van der Waals surface area contributed by atoms with E-state index in [1.54, 1.807) is 30.1 Å². The normalized spacial score (nSPS) is 11.8. The van der Waals surface area contributed by atoms with Gasteiger partial charge in [0, 0.05) is 11.9 Å². The van der Waals surface area contributed by atoms with Crippen LogP contribution in [0, 0.1) is 10.1 Å². The van der Waals surface area contributed by atoms with Crippen molar-refractivity contribution in [3.63, 3.8) is 0 Å². The summed E-state index contributed by atoms with van der Waals surface area (Å²) in [6.07, 6.45) is 4.42. The molecule has 0 saturated heterocycles. The molecule has 11 heteroatoms. The third-order valence-corrected chi connectivity index (χ3v) is 4.18. The minimum atomic E-state index is -0.781. The predicted molar refractivity (Wildman–Crippen MR) is 102 cm³/mol. The van der Waals surface area contributed by atoms with Gasteiger partial charge in [0.05, 0.1) is 29.8 Å². The standard InChI is InChI=1S/C17H17ClN6O4/c1-11(23-10-15(24(26)27)17(21-23)28-2)16(25)20-14-5-3-4-12(6-14)8-22-9-13(18)7-19-22/h3-7,9-11H,8H2,1-2H3,(H,20,25). The van der Waals surface area contributed by atoms with Crippen LogP contribution in [0.3, 0.4) is 0 Å². The van der Waals surface area contributed by atoms with Gasteiger partial charge in [0.25, 0.3) is 0 Å². The molecule has 0 aliphatic rings. The van der Waals surface area contributed by atoms with Gasteiger partial charge in [-0.25, -0.2) is 4.68 Å². The number of amides is 1. The number of aromatic nitrogens is 4. The Morgan fingerprint density at radius 2 is 2.21 bits per heavy atom. The average molecular weight is 405 g/mol. The minimum Gasteiger partial charge on any atom is -0.475 e. The zero-order chi connectivity index (χ0) is 20.3. The fourth-order valence-electron chi connectivity index (χ4n) is 2.56. The van der Waals surface area contributed by atoms with Crippen molar-refractivity contribution in [1.29, 1.82) is 0 Å². The number of nitro groups is 1. The highest BCUT2D eigenvalue weighted by atomic mass is 35.5. The first-order chi connectivity index (χ1) is 13.4. The van der Waals surface area contributed by atoms with Crippen LogP contribution in [-0.2, 0) is 11.3 Å². The summed E-state index contributed by atoms with van der Waals surface area (Å²) >= 11 is 5.86. The zero-order valence-electron chi connectivity index (χ0n) is 15.1. The molecule has 1 unspecified atom stereocenters. The molecule has 1 amide bonds. The van der Waals surface area contributed by atoms with Crippen molar-refractivity contribution in [2.75, 3.05) is 12.4 Å². The number of anilines is 1. The largest absolute Gasteiger partial charge is 0.475 e. The first-order valence-corrected chi connectivity index (χ1v) is 8.60. The first kappa shape index (κ1) is 19.4. The van der Waals surface area contributed by atoms with E-state index in [1.165, 1.54) is 18.0 Å². The van der Waals surface area contributed by atoms with Crippen LogP contribution in [-0.4, -0.2) is 37.5 Å². The van der Waals surface area contributed by atoms with E-state index in [1.807, 2.05) is 18.2 Å². The van der Waals surface area contributed by atoms with Crippen molar-refractivity contribution in [3.8, 4) is 5.88 Å². The van der Waals surface area contributed by atoms with Gasteiger partial charge >= 0.3 is 11.6 Å². The monoisotopic (exact) mass is 404 g/mol. The lowest BCUT2D eigenvalue weighted by molar-refractivity contribution is -0.385. The molecule has 3 aromatic rings. The summed E-state index contributed by atoms with van der Waals surface area (Å²) in [7, 11) is 1.28. The maximum Gasteiger partial charge on any atom is 0.350 e. The summed E-state index contributed by atoms with van der Waals surface area (Å²) in [5, 5.41) is 22.4. The Balaban J connectivity index is 1.72. The molecule has 0 aliphatic heterocycles. The average Bonchev–Trinajstić information content (AvgIpc) is 3.27. The number of carbonyl (C=O) groups excluding carboxylic acids is 1. The minimum absolute atomic E-state index is 0.149. The summed E-state index contributed by atoms with van der Waals surface area (Å²) in [5.74, 6) is -0.524. The van der Waals surface area contributed by atoms with Gasteiger partial charge < -0.3 is 10.1 Å². The molecule has 0 spiro atoms. The molecule has 1 aromatic carbocycles. The number of nitrogens with one attached hydrogen (secondary N) is 1. The van der Waals surface area contributed by atoms with Crippen molar-refractivity contribution >= 4 is 28.9 Å². The number of nitrogens with zero attached hydrogens (tertiary/aromatic N) is 5. The van der Waals surface area contributed by atoms with Gasteiger partial charge in [-0.2, -0.15) is 5.10 Å². The third-order valence-electron chi connectivity index (χ3n) is 3.99. The van der Waals surface area contributed by atoms with Crippen LogP contribution in [0.2, 0.25) is 5.02 Å². The lowest BCUT2D eigenvalue weighted by Crippen LogP contribution is -2.24. The van der Waals surface area contributed by atoms with Crippen LogP contribution in [0.5, 0.6) is 5.88 Å². The van der Waals surface area contributed by atoms with E-state index < -0.39 is 11.0 Å². The second kappa shape index (κ2) is 8.09. The highest BCUT2D eigenvalue weighted by Crippen LogP contribution is 2.26. The Kier molecular flexibility index (Phi) is 5.59. The van der Waals surface area contributed by atoms with Gasteiger partial charge in [0.15, 0.2) is 0 Å². The molecule has 1 N–H and O–H groups in total. The number of hydrogen-bond donors (Lipinski definition) is 1. The number of benzene rings is 1. The fraction of sp³-hybridized carbons (Fsp3) is 0.235. The Bertz CT molecular complexity index is 1010. The molecule has 0 fully saturated rings. The number of rotatable bonds is 7. The zero-order valence-corrected chi connectivity index (χ0v) is 15.8. The van der Waals surface area contributed by atoms with Gasteiger partial charge in [-0.05, 0) is 24.6 Å². The molecule has 2 heterocycles. The number of carbonyl (C=O) groups is 1. The van der Waals surface area contributed by atoms with Crippen molar-refractivity contribution in [3.05, 3.63) is 63.6 Å². The van der Waals surface area contributed by atoms with Crippen LogP contribution in [0.15, 0.2) is 42.9 Å². The molecular formula is C17H17ClN6O4. The summed E-state index contributed by atoms with van der Waals surface area (Å²) in [5.41, 5.74) is 1.20. The van der Waals surface area contributed by atoms with E-state index in [0.717, 1.165) is 5.56 Å². The predicted octanol–water partition coefficient (Wildman–Crippen LogP) is 2.90. The Morgan fingerprint density at radius 3 is 2.82 bits per heavy atom. The first-order valence-electron chi connectivity index (χ1n) is 8.22. The molecule has 0 aliphatic carbocycles. The van der Waals surface area contributed by atoms with E-state index in [0.29, 0.717) is 17.3 Å². The van der Waals surface area contributed by atoms with Crippen molar-refractivity contribution in [1.82, 2.24) is 19.6 Å². The Morgan fingerprint density at radius 1 is 1.43 bits per heavy atom. The van der Waals surface area contributed by atoms with Crippen molar-refractivity contribution in [2.45, 2.75) is 19.5 Å². The van der Waals surface area contributed by atoms with Gasteiger partial charge in [-0.1, -0.05) is 23.7 Å². The molecule has 3 rings (SSSR count). The maximum absolute atomic E-state index is 12.5. The molecule has 28 heavy (non-hydrogen) atoms. The molecule has 0 radical (unpaired) electrons.